The molecule has 1 fully saturated rings. The monoisotopic (exact) mass is 390 g/mol. The van der Waals surface area contributed by atoms with Gasteiger partial charge in [-0.2, -0.15) is 5.10 Å². The van der Waals surface area contributed by atoms with Crippen LogP contribution < -0.4 is 4.74 Å². The normalized spacial score (nSPS) is 18.5. The van der Waals surface area contributed by atoms with Crippen molar-refractivity contribution >= 4 is 0 Å². The van der Waals surface area contributed by atoms with Gasteiger partial charge in [-0.3, -0.25) is 14.5 Å². The van der Waals surface area contributed by atoms with Crippen LogP contribution in [0.25, 0.3) is 0 Å². The molecule has 2 heterocycles. The molecule has 0 spiro atoms. The zero-order valence-corrected chi connectivity index (χ0v) is 17.1. The number of aromatic nitrogens is 2. The summed E-state index contributed by atoms with van der Waals surface area (Å²) in [6.45, 7) is 9.23. The zero-order valence-electron chi connectivity index (χ0n) is 17.1. The van der Waals surface area contributed by atoms with Gasteiger partial charge in [-0.1, -0.05) is 6.07 Å². The Balaban J connectivity index is 1.66. The first-order valence-electron chi connectivity index (χ1n) is 9.96. The minimum absolute atomic E-state index is 0.132. The second kappa shape index (κ2) is 9.49. The molecule has 1 unspecified atom stereocenters. The Morgan fingerprint density at radius 3 is 2.71 bits per heavy atom. The van der Waals surface area contributed by atoms with E-state index in [0.717, 1.165) is 32.7 Å². The van der Waals surface area contributed by atoms with Gasteiger partial charge >= 0.3 is 0 Å². The third-order valence-electron chi connectivity index (χ3n) is 5.68. The summed E-state index contributed by atoms with van der Waals surface area (Å²) in [5.41, 5.74) is 3.13. The van der Waals surface area contributed by atoms with Crippen LogP contribution in [0.4, 0.5) is 4.39 Å². The maximum Gasteiger partial charge on any atom is 0.131 e. The largest absolute Gasteiger partial charge is 0.497 e. The van der Waals surface area contributed by atoms with Gasteiger partial charge < -0.3 is 9.84 Å². The number of benzene rings is 1. The first-order valence-corrected chi connectivity index (χ1v) is 9.96. The molecule has 0 saturated carbocycles. The van der Waals surface area contributed by atoms with E-state index in [4.69, 9.17) is 4.74 Å². The first kappa shape index (κ1) is 20.8. The number of hydrogen-bond acceptors (Lipinski definition) is 5. The maximum absolute atomic E-state index is 14.4. The van der Waals surface area contributed by atoms with Crippen LogP contribution in [0.1, 0.15) is 30.2 Å². The van der Waals surface area contributed by atoms with E-state index in [-0.39, 0.29) is 18.5 Å². The molecule has 28 heavy (non-hydrogen) atoms. The quantitative estimate of drug-likeness (QED) is 0.750. The molecule has 1 aliphatic heterocycles. The predicted octanol–water partition coefficient (Wildman–Crippen LogP) is 2.43. The van der Waals surface area contributed by atoms with Crippen molar-refractivity contribution in [1.82, 2.24) is 19.6 Å². The van der Waals surface area contributed by atoms with Crippen LogP contribution >= 0.6 is 0 Å². The zero-order chi connectivity index (χ0) is 20.1. The molecule has 1 atom stereocenters. The molecule has 0 aliphatic carbocycles. The molecule has 0 radical (unpaired) electrons. The summed E-state index contributed by atoms with van der Waals surface area (Å²) in [5, 5.41) is 14.0. The Bertz CT molecular complexity index is 780. The smallest absolute Gasteiger partial charge is 0.131 e. The number of nitrogens with zero attached hydrogens (tertiary/aromatic N) is 4. The Hall–Kier alpha value is -1.96. The number of piperazine rings is 1. The second-order valence-electron chi connectivity index (χ2n) is 7.40. The van der Waals surface area contributed by atoms with E-state index in [9.17, 15) is 9.50 Å². The van der Waals surface area contributed by atoms with Gasteiger partial charge in [-0.25, -0.2) is 4.39 Å². The fraction of sp³-hybridized carbons (Fsp3) is 0.571. The second-order valence-corrected chi connectivity index (χ2v) is 7.40. The van der Waals surface area contributed by atoms with Crippen LogP contribution in [0.15, 0.2) is 24.4 Å². The fourth-order valence-corrected chi connectivity index (χ4v) is 3.93. The van der Waals surface area contributed by atoms with Crippen LogP contribution in [-0.2, 0) is 19.6 Å². The van der Waals surface area contributed by atoms with Gasteiger partial charge in [0.1, 0.15) is 11.6 Å². The van der Waals surface area contributed by atoms with Crippen molar-refractivity contribution in [2.45, 2.75) is 45.9 Å². The number of ether oxygens (including phenoxy) is 1. The SMILES string of the molecule is CCn1ncc(CN2CCN(Cc3ccc(OC)cc3F)C(CCO)C2)c1C. The van der Waals surface area contributed by atoms with Crippen LogP contribution in [0.5, 0.6) is 5.75 Å². The number of hydrogen-bond donors (Lipinski definition) is 1. The lowest BCUT2D eigenvalue weighted by atomic mass is 10.1. The molecular formula is C21H31FN4O2. The number of aryl methyl sites for hydroxylation is 1. The Labute approximate surface area is 166 Å². The molecule has 3 rings (SSSR count). The number of aliphatic hydroxyl groups is 1. The highest BCUT2D eigenvalue weighted by Crippen LogP contribution is 2.22. The number of halogens is 1. The van der Waals surface area contributed by atoms with Crippen LogP contribution in [-0.4, -0.2) is 64.1 Å². The highest BCUT2D eigenvalue weighted by atomic mass is 19.1. The highest BCUT2D eigenvalue weighted by molar-refractivity contribution is 5.29. The average molecular weight is 391 g/mol. The van der Waals surface area contributed by atoms with Crippen molar-refractivity contribution in [3.8, 4) is 5.75 Å². The van der Waals surface area contributed by atoms with Gasteiger partial charge in [0, 0.05) is 74.8 Å². The molecule has 1 N–H and O–H groups in total. The molecular weight excluding hydrogens is 359 g/mol. The Kier molecular flexibility index (Phi) is 7.04. The standard InChI is InChI=1S/C21H31FN4O2/c1-4-26-16(2)18(12-23-26)13-24-8-9-25(19(15-24)7-10-27)14-17-5-6-20(28-3)11-21(17)22/h5-6,11-12,19,27H,4,7-10,13-15H2,1-3H3. The molecule has 0 amide bonds. The topological polar surface area (TPSA) is 53.8 Å². The van der Waals surface area contributed by atoms with Crippen molar-refractivity contribution in [1.29, 1.82) is 0 Å². The summed E-state index contributed by atoms with van der Waals surface area (Å²) in [6, 6.07) is 5.21. The van der Waals surface area contributed by atoms with Crippen LogP contribution in [0.3, 0.4) is 0 Å². The highest BCUT2D eigenvalue weighted by Gasteiger charge is 2.28. The van der Waals surface area contributed by atoms with Gasteiger partial charge in [0.2, 0.25) is 0 Å². The van der Waals surface area contributed by atoms with E-state index in [1.807, 2.05) is 10.9 Å². The molecule has 6 nitrogen and oxygen atoms in total. The first-order chi connectivity index (χ1) is 13.5. The fourth-order valence-electron chi connectivity index (χ4n) is 3.93. The van der Waals surface area contributed by atoms with E-state index in [1.54, 1.807) is 12.1 Å². The minimum Gasteiger partial charge on any atom is -0.497 e. The van der Waals surface area contributed by atoms with Gasteiger partial charge in [-0.15, -0.1) is 0 Å². The van der Waals surface area contributed by atoms with Crippen molar-refractivity contribution in [2.75, 3.05) is 33.4 Å². The van der Waals surface area contributed by atoms with E-state index in [0.29, 0.717) is 24.3 Å². The number of rotatable bonds is 8. The predicted molar refractivity (Wildman–Crippen MR) is 107 cm³/mol. The number of methoxy groups -OCH3 is 1. The molecule has 0 bridgehead atoms. The van der Waals surface area contributed by atoms with Crippen molar-refractivity contribution in [3.63, 3.8) is 0 Å². The summed E-state index contributed by atoms with van der Waals surface area (Å²) in [7, 11) is 1.54. The van der Waals surface area contributed by atoms with E-state index in [1.165, 1.54) is 24.4 Å². The molecule has 1 saturated heterocycles. The third kappa shape index (κ3) is 4.71. The summed E-state index contributed by atoms with van der Waals surface area (Å²) in [5.74, 6) is 0.285. The molecule has 1 aromatic carbocycles. The lowest BCUT2D eigenvalue weighted by Gasteiger charge is -2.41. The van der Waals surface area contributed by atoms with Gasteiger partial charge in [-0.05, 0) is 26.3 Å². The summed E-state index contributed by atoms with van der Waals surface area (Å²) in [6.07, 6.45) is 2.64. The van der Waals surface area contributed by atoms with Gasteiger partial charge in [0.05, 0.1) is 13.3 Å². The van der Waals surface area contributed by atoms with Crippen molar-refractivity contribution in [2.24, 2.45) is 0 Å². The molecule has 1 aromatic heterocycles. The molecule has 154 valence electrons. The van der Waals surface area contributed by atoms with E-state index in [2.05, 4.69) is 28.7 Å². The van der Waals surface area contributed by atoms with Crippen molar-refractivity contribution < 1.29 is 14.2 Å². The summed E-state index contributed by atoms with van der Waals surface area (Å²) < 4.78 is 21.5. The lowest BCUT2D eigenvalue weighted by Crippen LogP contribution is -2.52. The van der Waals surface area contributed by atoms with Crippen LogP contribution in [0, 0.1) is 12.7 Å². The summed E-state index contributed by atoms with van der Waals surface area (Å²) >= 11 is 0. The Morgan fingerprint density at radius 2 is 2.07 bits per heavy atom. The third-order valence-corrected chi connectivity index (χ3v) is 5.68. The number of aliphatic hydroxyl groups excluding tert-OH is 1. The van der Waals surface area contributed by atoms with Gasteiger partial charge in [0.25, 0.3) is 0 Å². The molecule has 7 heteroatoms. The Morgan fingerprint density at radius 1 is 1.25 bits per heavy atom. The summed E-state index contributed by atoms with van der Waals surface area (Å²) in [4.78, 5) is 4.69. The molecule has 1 aliphatic rings. The van der Waals surface area contributed by atoms with Crippen LogP contribution in [0.2, 0.25) is 0 Å². The van der Waals surface area contributed by atoms with Crippen molar-refractivity contribution in [3.05, 3.63) is 47.0 Å². The van der Waals surface area contributed by atoms with E-state index < -0.39 is 0 Å². The molecule has 2 aromatic rings. The lowest BCUT2D eigenvalue weighted by molar-refractivity contribution is 0.0492. The van der Waals surface area contributed by atoms with Gasteiger partial charge in [0.15, 0.2) is 0 Å². The van der Waals surface area contributed by atoms with E-state index >= 15 is 0 Å². The minimum atomic E-state index is -0.243. The average Bonchev–Trinajstić information content (AvgIpc) is 3.05. The maximum atomic E-state index is 14.4.